The first-order valence-electron chi connectivity index (χ1n) is 8.76. The number of nitrogens with one attached hydrogen (secondary N) is 1. The number of hydrogen-bond donors (Lipinski definition) is 1. The summed E-state index contributed by atoms with van der Waals surface area (Å²) in [5.41, 5.74) is 1.16. The molecule has 144 valence electrons. The Labute approximate surface area is 159 Å². The minimum Gasteiger partial charge on any atom is -0.373 e. The number of hydrogen-bond acceptors (Lipinski definition) is 5. The van der Waals surface area contributed by atoms with E-state index in [0.717, 1.165) is 5.69 Å². The van der Waals surface area contributed by atoms with Gasteiger partial charge in [0, 0.05) is 24.3 Å². The van der Waals surface area contributed by atoms with Crippen LogP contribution in [0.2, 0.25) is 0 Å². The van der Waals surface area contributed by atoms with E-state index in [0.29, 0.717) is 24.5 Å². The van der Waals surface area contributed by atoms with Gasteiger partial charge in [-0.05, 0) is 57.2 Å². The molecule has 0 spiro atoms. The molecule has 0 aliphatic carbocycles. The molecule has 1 fully saturated rings. The number of sulfonamides is 1. The molecule has 2 atom stereocenters. The van der Waals surface area contributed by atoms with Crippen LogP contribution in [0.3, 0.4) is 0 Å². The molecule has 2 heterocycles. The Kier molecular flexibility index (Phi) is 5.59. The Morgan fingerprint density at radius 1 is 1.11 bits per heavy atom. The van der Waals surface area contributed by atoms with Crippen molar-refractivity contribution in [2.75, 3.05) is 18.4 Å². The van der Waals surface area contributed by atoms with Crippen molar-refractivity contribution in [1.82, 2.24) is 9.29 Å². The molecular weight excluding hydrogens is 366 g/mol. The van der Waals surface area contributed by atoms with Gasteiger partial charge in [-0.2, -0.15) is 4.31 Å². The molecular formula is C19H23N3O4S. The number of rotatable bonds is 4. The predicted octanol–water partition coefficient (Wildman–Crippen LogP) is 2.44. The second-order valence-corrected chi connectivity index (χ2v) is 8.66. The van der Waals surface area contributed by atoms with Crippen molar-refractivity contribution in [3.63, 3.8) is 0 Å². The number of pyridine rings is 1. The zero-order chi connectivity index (χ0) is 19.6. The Balaban J connectivity index is 1.75. The van der Waals surface area contributed by atoms with E-state index in [1.165, 1.54) is 28.6 Å². The average Bonchev–Trinajstić information content (AvgIpc) is 2.61. The van der Waals surface area contributed by atoms with Crippen molar-refractivity contribution in [3.8, 4) is 0 Å². The minimum absolute atomic E-state index is 0.157. The number of benzene rings is 1. The predicted molar refractivity (Wildman–Crippen MR) is 102 cm³/mol. The number of anilines is 1. The largest absolute Gasteiger partial charge is 0.373 e. The van der Waals surface area contributed by atoms with E-state index in [1.807, 2.05) is 26.8 Å². The summed E-state index contributed by atoms with van der Waals surface area (Å²) in [6.45, 7) is 6.17. The van der Waals surface area contributed by atoms with E-state index in [4.69, 9.17) is 4.74 Å². The van der Waals surface area contributed by atoms with Crippen molar-refractivity contribution in [1.29, 1.82) is 0 Å². The van der Waals surface area contributed by atoms with Crippen LogP contribution in [0.1, 0.15) is 29.9 Å². The molecule has 1 aromatic heterocycles. The van der Waals surface area contributed by atoms with Crippen LogP contribution in [-0.2, 0) is 14.8 Å². The maximum absolute atomic E-state index is 12.8. The van der Waals surface area contributed by atoms with Crippen LogP contribution >= 0.6 is 0 Å². The fourth-order valence-electron chi connectivity index (χ4n) is 3.06. The third-order valence-corrected chi connectivity index (χ3v) is 6.12. The summed E-state index contributed by atoms with van der Waals surface area (Å²) in [4.78, 5) is 16.7. The van der Waals surface area contributed by atoms with Crippen LogP contribution in [0, 0.1) is 6.92 Å². The normalized spacial score (nSPS) is 21.0. The number of aromatic nitrogens is 1. The Morgan fingerprint density at radius 2 is 1.74 bits per heavy atom. The van der Waals surface area contributed by atoms with Gasteiger partial charge in [0.2, 0.25) is 10.0 Å². The van der Waals surface area contributed by atoms with Crippen LogP contribution in [0.25, 0.3) is 0 Å². The highest BCUT2D eigenvalue weighted by molar-refractivity contribution is 7.89. The molecule has 0 saturated carbocycles. The van der Waals surface area contributed by atoms with Crippen LogP contribution in [0.5, 0.6) is 0 Å². The SMILES string of the molecule is Cc1cccc(NC(=O)c2ccc(S(=O)(=O)N3C[C@@H](C)O[C@@H](C)C3)cc2)n1. The third-order valence-electron chi connectivity index (χ3n) is 4.27. The summed E-state index contributed by atoms with van der Waals surface area (Å²) in [6, 6.07) is 11.3. The van der Waals surface area contributed by atoms with Crippen molar-refractivity contribution in [2.45, 2.75) is 37.9 Å². The van der Waals surface area contributed by atoms with Gasteiger partial charge >= 0.3 is 0 Å². The van der Waals surface area contributed by atoms with Crippen LogP contribution < -0.4 is 5.32 Å². The molecule has 1 saturated heterocycles. The van der Waals surface area contributed by atoms with Gasteiger partial charge in [-0.3, -0.25) is 4.79 Å². The van der Waals surface area contributed by atoms with Gasteiger partial charge in [-0.25, -0.2) is 13.4 Å². The van der Waals surface area contributed by atoms with Gasteiger partial charge in [-0.15, -0.1) is 0 Å². The lowest BCUT2D eigenvalue weighted by atomic mass is 10.2. The highest BCUT2D eigenvalue weighted by atomic mass is 32.2. The molecule has 1 aromatic carbocycles. The van der Waals surface area contributed by atoms with Crippen molar-refractivity contribution >= 4 is 21.7 Å². The molecule has 7 nitrogen and oxygen atoms in total. The first-order chi connectivity index (χ1) is 12.8. The van der Waals surface area contributed by atoms with Gasteiger partial charge in [-0.1, -0.05) is 6.07 Å². The van der Waals surface area contributed by atoms with Crippen LogP contribution in [0.4, 0.5) is 5.82 Å². The molecule has 27 heavy (non-hydrogen) atoms. The molecule has 1 aliphatic heterocycles. The average molecular weight is 389 g/mol. The molecule has 2 aromatic rings. The standard InChI is InChI=1S/C19H23N3O4S/c1-13-5-4-6-18(20-13)21-19(23)16-7-9-17(10-8-16)27(24,25)22-11-14(2)26-15(3)12-22/h4-10,14-15H,11-12H2,1-3H3,(H,20,21,23)/t14-,15+. The van der Waals surface area contributed by atoms with E-state index >= 15 is 0 Å². The number of carbonyl (C=O) groups is 1. The molecule has 1 amide bonds. The lowest BCUT2D eigenvalue weighted by molar-refractivity contribution is -0.0440. The van der Waals surface area contributed by atoms with Gasteiger partial charge < -0.3 is 10.1 Å². The van der Waals surface area contributed by atoms with E-state index in [1.54, 1.807) is 12.1 Å². The lowest BCUT2D eigenvalue weighted by Gasteiger charge is -2.34. The first-order valence-corrected chi connectivity index (χ1v) is 10.2. The Morgan fingerprint density at radius 3 is 2.33 bits per heavy atom. The molecule has 1 N–H and O–H groups in total. The zero-order valence-corrected chi connectivity index (χ0v) is 16.4. The van der Waals surface area contributed by atoms with Crippen LogP contribution in [0.15, 0.2) is 47.4 Å². The molecule has 0 bridgehead atoms. The number of aryl methyl sites for hydroxylation is 1. The molecule has 8 heteroatoms. The van der Waals surface area contributed by atoms with Gasteiger partial charge in [0.1, 0.15) is 5.82 Å². The summed E-state index contributed by atoms with van der Waals surface area (Å²) in [5.74, 6) is 0.110. The van der Waals surface area contributed by atoms with Crippen molar-refractivity contribution in [3.05, 3.63) is 53.7 Å². The summed E-state index contributed by atoms with van der Waals surface area (Å²) in [7, 11) is -3.63. The van der Waals surface area contributed by atoms with Gasteiger partial charge in [0.25, 0.3) is 5.91 Å². The molecule has 3 rings (SSSR count). The second kappa shape index (κ2) is 7.75. The highest BCUT2D eigenvalue weighted by Crippen LogP contribution is 2.21. The van der Waals surface area contributed by atoms with E-state index < -0.39 is 10.0 Å². The second-order valence-electron chi connectivity index (χ2n) is 6.72. The number of amides is 1. The number of morpholine rings is 1. The fourth-order valence-corrected chi connectivity index (χ4v) is 4.65. The van der Waals surface area contributed by atoms with E-state index in [-0.39, 0.29) is 23.0 Å². The van der Waals surface area contributed by atoms with E-state index in [9.17, 15) is 13.2 Å². The lowest BCUT2D eigenvalue weighted by Crippen LogP contribution is -2.48. The quantitative estimate of drug-likeness (QED) is 0.868. The zero-order valence-electron chi connectivity index (χ0n) is 15.5. The molecule has 0 radical (unpaired) electrons. The van der Waals surface area contributed by atoms with Gasteiger partial charge in [0.05, 0.1) is 17.1 Å². The summed E-state index contributed by atoms with van der Waals surface area (Å²) < 4.78 is 32.7. The van der Waals surface area contributed by atoms with Crippen molar-refractivity contribution < 1.29 is 17.9 Å². The van der Waals surface area contributed by atoms with Crippen molar-refractivity contribution in [2.24, 2.45) is 0 Å². The highest BCUT2D eigenvalue weighted by Gasteiger charge is 2.32. The maximum Gasteiger partial charge on any atom is 0.256 e. The number of ether oxygens (including phenoxy) is 1. The maximum atomic E-state index is 12.8. The number of carbonyl (C=O) groups excluding carboxylic acids is 1. The summed E-state index contributed by atoms with van der Waals surface area (Å²) in [6.07, 6.45) is -0.314. The smallest absolute Gasteiger partial charge is 0.256 e. The summed E-state index contributed by atoms with van der Waals surface area (Å²) >= 11 is 0. The third kappa shape index (κ3) is 4.52. The first kappa shape index (κ1) is 19.5. The summed E-state index contributed by atoms with van der Waals surface area (Å²) in [5, 5.41) is 2.71. The minimum atomic E-state index is -3.63. The van der Waals surface area contributed by atoms with Gasteiger partial charge in [0.15, 0.2) is 0 Å². The van der Waals surface area contributed by atoms with E-state index in [2.05, 4.69) is 10.3 Å². The Bertz CT molecular complexity index is 918. The van der Waals surface area contributed by atoms with Crippen LogP contribution in [-0.4, -0.2) is 48.9 Å². The monoisotopic (exact) mass is 389 g/mol. The molecule has 0 unspecified atom stereocenters. The molecule has 1 aliphatic rings. The fraction of sp³-hybridized carbons (Fsp3) is 0.368. The Hall–Kier alpha value is -2.29. The number of nitrogens with zero attached hydrogens (tertiary/aromatic N) is 2. The topological polar surface area (TPSA) is 88.6 Å².